The Balaban J connectivity index is 1.50. The first-order chi connectivity index (χ1) is 12.6. The van der Waals surface area contributed by atoms with E-state index in [1.165, 1.54) is 4.90 Å². The molecule has 0 saturated carbocycles. The summed E-state index contributed by atoms with van der Waals surface area (Å²) in [5, 5.41) is 2.88. The van der Waals surface area contributed by atoms with Gasteiger partial charge >= 0.3 is 6.03 Å². The Labute approximate surface area is 159 Å². The Kier molecular flexibility index (Phi) is 4.32. The fourth-order valence-electron chi connectivity index (χ4n) is 3.39. The number of rotatable bonds is 4. The number of urea groups is 1. The van der Waals surface area contributed by atoms with Crippen molar-refractivity contribution in [3.63, 3.8) is 0 Å². The molecule has 26 heavy (non-hydrogen) atoms. The van der Waals surface area contributed by atoms with Crippen molar-refractivity contribution < 1.29 is 19.1 Å². The molecule has 1 atom stereocenters. The number of nitrogens with zero attached hydrogens (tertiary/aromatic N) is 1. The monoisotopic (exact) mass is 416 g/mol. The molecule has 1 unspecified atom stereocenters. The SMILES string of the molecule is O=C1NC2(CCOc3ccccc32)C(=O)N1CCOc1cccc(Br)c1. The van der Waals surface area contributed by atoms with E-state index in [-0.39, 0.29) is 19.1 Å². The topological polar surface area (TPSA) is 67.9 Å². The maximum atomic E-state index is 13.1. The van der Waals surface area contributed by atoms with Crippen LogP contribution in [0.4, 0.5) is 4.79 Å². The number of benzene rings is 2. The smallest absolute Gasteiger partial charge is 0.325 e. The fourth-order valence-corrected chi connectivity index (χ4v) is 3.76. The van der Waals surface area contributed by atoms with Crippen LogP contribution in [-0.4, -0.2) is 36.6 Å². The number of carbonyl (C=O) groups is 2. The van der Waals surface area contributed by atoms with Gasteiger partial charge in [-0.05, 0) is 24.3 Å². The van der Waals surface area contributed by atoms with Crippen LogP contribution < -0.4 is 14.8 Å². The van der Waals surface area contributed by atoms with Gasteiger partial charge in [-0.3, -0.25) is 9.69 Å². The van der Waals surface area contributed by atoms with Crippen LogP contribution >= 0.6 is 15.9 Å². The number of halogens is 1. The first-order valence-electron chi connectivity index (χ1n) is 8.35. The summed E-state index contributed by atoms with van der Waals surface area (Å²) >= 11 is 3.38. The summed E-state index contributed by atoms with van der Waals surface area (Å²) in [7, 11) is 0. The average molecular weight is 417 g/mol. The van der Waals surface area contributed by atoms with Crippen LogP contribution in [0.3, 0.4) is 0 Å². The minimum absolute atomic E-state index is 0.182. The standard InChI is InChI=1S/C19H17BrN2O4/c20-13-4-3-5-14(12-13)25-11-9-22-17(23)19(21-18(22)24)8-10-26-16-7-2-1-6-15(16)19/h1-7,12H,8-11H2,(H,21,24). The van der Waals surface area contributed by atoms with E-state index in [0.29, 0.717) is 30.1 Å². The van der Waals surface area contributed by atoms with Gasteiger partial charge in [-0.1, -0.05) is 40.2 Å². The molecule has 1 fully saturated rings. The van der Waals surface area contributed by atoms with E-state index in [9.17, 15) is 9.59 Å². The molecule has 3 amide bonds. The number of ether oxygens (including phenoxy) is 2. The van der Waals surface area contributed by atoms with Crippen LogP contribution in [0.1, 0.15) is 12.0 Å². The maximum absolute atomic E-state index is 13.1. The molecule has 2 aliphatic heterocycles. The number of para-hydroxylation sites is 1. The quantitative estimate of drug-likeness (QED) is 0.777. The number of carbonyl (C=O) groups excluding carboxylic acids is 2. The zero-order chi connectivity index (χ0) is 18.1. The zero-order valence-electron chi connectivity index (χ0n) is 13.9. The minimum Gasteiger partial charge on any atom is -0.493 e. The second kappa shape index (κ2) is 6.64. The number of fused-ring (bicyclic) bond motifs is 2. The first-order valence-corrected chi connectivity index (χ1v) is 9.14. The van der Waals surface area contributed by atoms with Gasteiger partial charge in [-0.25, -0.2) is 4.79 Å². The van der Waals surface area contributed by atoms with Gasteiger partial charge in [0.2, 0.25) is 0 Å². The summed E-state index contributed by atoms with van der Waals surface area (Å²) in [6.45, 7) is 0.789. The van der Waals surface area contributed by atoms with Gasteiger partial charge in [-0.2, -0.15) is 0 Å². The van der Waals surface area contributed by atoms with Crippen LogP contribution in [0, 0.1) is 0 Å². The molecule has 0 aromatic heterocycles. The molecular formula is C19H17BrN2O4. The molecule has 2 aliphatic rings. The Bertz CT molecular complexity index is 872. The number of hydrogen-bond donors (Lipinski definition) is 1. The minimum atomic E-state index is -1.04. The van der Waals surface area contributed by atoms with Crippen molar-refractivity contribution in [1.29, 1.82) is 0 Å². The largest absolute Gasteiger partial charge is 0.493 e. The molecule has 2 aromatic rings. The highest BCUT2D eigenvalue weighted by Crippen LogP contribution is 2.40. The van der Waals surface area contributed by atoms with Crippen molar-refractivity contribution in [2.24, 2.45) is 0 Å². The van der Waals surface area contributed by atoms with E-state index < -0.39 is 11.6 Å². The molecule has 6 nitrogen and oxygen atoms in total. The van der Waals surface area contributed by atoms with Crippen molar-refractivity contribution in [2.75, 3.05) is 19.8 Å². The molecule has 1 saturated heterocycles. The van der Waals surface area contributed by atoms with Gasteiger partial charge in [0.15, 0.2) is 5.54 Å². The predicted octanol–water partition coefficient (Wildman–Crippen LogP) is 3.06. The summed E-state index contributed by atoms with van der Waals surface area (Å²) in [6, 6.07) is 14.4. The van der Waals surface area contributed by atoms with Crippen molar-refractivity contribution in [2.45, 2.75) is 12.0 Å². The lowest BCUT2D eigenvalue weighted by Crippen LogP contribution is -2.47. The average Bonchev–Trinajstić information content (AvgIpc) is 2.87. The van der Waals surface area contributed by atoms with E-state index in [1.807, 2.05) is 48.5 Å². The van der Waals surface area contributed by atoms with Crippen LogP contribution in [0.15, 0.2) is 53.0 Å². The Morgan fingerprint density at radius 2 is 2.04 bits per heavy atom. The lowest BCUT2D eigenvalue weighted by Gasteiger charge is -2.33. The molecule has 134 valence electrons. The third kappa shape index (κ3) is 2.82. The van der Waals surface area contributed by atoms with Crippen LogP contribution in [-0.2, 0) is 10.3 Å². The summed E-state index contributed by atoms with van der Waals surface area (Å²) in [5.41, 5.74) is -0.332. The van der Waals surface area contributed by atoms with E-state index in [1.54, 1.807) is 0 Å². The number of hydrogen-bond acceptors (Lipinski definition) is 4. The summed E-state index contributed by atoms with van der Waals surface area (Å²) < 4.78 is 12.2. The summed E-state index contributed by atoms with van der Waals surface area (Å²) in [4.78, 5) is 26.8. The van der Waals surface area contributed by atoms with Gasteiger partial charge < -0.3 is 14.8 Å². The lowest BCUT2D eigenvalue weighted by molar-refractivity contribution is -0.132. The van der Waals surface area contributed by atoms with Gasteiger partial charge in [0.25, 0.3) is 5.91 Å². The molecule has 1 N–H and O–H groups in total. The summed E-state index contributed by atoms with van der Waals surface area (Å²) in [5.74, 6) is 1.06. The predicted molar refractivity (Wildman–Crippen MR) is 98.1 cm³/mol. The fraction of sp³-hybridized carbons (Fsp3) is 0.263. The molecule has 1 spiro atoms. The van der Waals surface area contributed by atoms with E-state index in [4.69, 9.17) is 9.47 Å². The number of amides is 3. The van der Waals surface area contributed by atoms with Crippen molar-refractivity contribution in [1.82, 2.24) is 10.2 Å². The molecule has 4 rings (SSSR count). The molecule has 2 aromatic carbocycles. The van der Waals surface area contributed by atoms with Crippen molar-refractivity contribution >= 4 is 27.9 Å². The molecule has 0 aliphatic carbocycles. The Hall–Kier alpha value is -2.54. The third-order valence-corrected chi connectivity index (χ3v) is 5.13. The Morgan fingerprint density at radius 1 is 1.19 bits per heavy atom. The van der Waals surface area contributed by atoms with Gasteiger partial charge in [0.1, 0.15) is 18.1 Å². The van der Waals surface area contributed by atoms with Gasteiger partial charge in [0.05, 0.1) is 13.2 Å². The molecule has 0 radical (unpaired) electrons. The highest BCUT2D eigenvalue weighted by Gasteiger charge is 2.54. The van der Waals surface area contributed by atoms with Crippen LogP contribution in [0.2, 0.25) is 0 Å². The second-order valence-corrected chi connectivity index (χ2v) is 7.11. The second-order valence-electron chi connectivity index (χ2n) is 6.19. The van der Waals surface area contributed by atoms with E-state index in [2.05, 4.69) is 21.2 Å². The lowest BCUT2D eigenvalue weighted by atomic mass is 9.84. The molecule has 2 heterocycles. The Morgan fingerprint density at radius 3 is 2.88 bits per heavy atom. The highest BCUT2D eigenvalue weighted by atomic mass is 79.9. The van der Waals surface area contributed by atoms with Gasteiger partial charge in [-0.15, -0.1) is 0 Å². The van der Waals surface area contributed by atoms with Crippen molar-refractivity contribution in [3.8, 4) is 11.5 Å². The van der Waals surface area contributed by atoms with Gasteiger partial charge in [0, 0.05) is 16.5 Å². The first kappa shape index (κ1) is 16.9. The third-order valence-electron chi connectivity index (χ3n) is 4.64. The molecular weight excluding hydrogens is 400 g/mol. The van der Waals surface area contributed by atoms with E-state index >= 15 is 0 Å². The molecule has 7 heteroatoms. The van der Waals surface area contributed by atoms with Crippen molar-refractivity contribution in [3.05, 3.63) is 58.6 Å². The summed E-state index contributed by atoms with van der Waals surface area (Å²) in [6.07, 6.45) is 0.414. The maximum Gasteiger partial charge on any atom is 0.325 e. The number of imide groups is 1. The normalized spacial score (nSPS) is 21.3. The number of nitrogens with one attached hydrogen (secondary N) is 1. The highest BCUT2D eigenvalue weighted by molar-refractivity contribution is 9.10. The van der Waals surface area contributed by atoms with Crippen LogP contribution in [0.5, 0.6) is 11.5 Å². The zero-order valence-corrected chi connectivity index (χ0v) is 15.5. The molecule has 0 bridgehead atoms. The van der Waals surface area contributed by atoms with E-state index in [0.717, 1.165) is 4.47 Å². The van der Waals surface area contributed by atoms with Crippen LogP contribution in [0.25, 0.3) is 0 Å².